The average molecular weight is 352 g/mol. The summed E-state index contributed by atoms with van der Waals surface area (Å²) in [7, 11) is 0. The van der Waals surface area contributed by atoms with E-state index in [-0.39, 0.29) is 11.9 Å². The van der Waals surface area contributed by atoms with Crippen molar-refractivity contribution in [3.63, 3.8) is 0 Å². The number of benzene rings is 1. The van der Waals surface area contributed by atoms with Gasteiger partial charge in [0.05, 0.1) is 5.75 Å². The summed E-state index contributed by atoms with van der Waals surface area (Å²) in [4.78, 5) is 19.5. The van der Waals surface area contributed by atoms with E-state index in [4.69, 9.17) is 17.3 Å². The highest BCUT2D eigenvalue weighted by molar-refractivity contribution is 8.00. The van der Waals surface area contributed by atoms with E-state index in [0.717, 1.165) is 36.7 Å². The third kappa shape index (κ3) is 4.17. The van der Waals surface area contributed by atoms with Gasteiger partial charge in [0.25, 0.3) is 0 Å². The molecule has 0 spiro atoms. The molecule has 0 saturated carbocycles. The van der Waals surface area contributed by atoms with Crippen LogP contribution in [0.2, 0.25) is 5.02 Å². The molecule has 23 heavy (non-hydrogen) atoms. The van der Waals surface area contributed by atoms with Crippen LogP contribution in [0.4, 0.5) is 5.95 Å². The van der Waals surface area contributed by atoms with Crippen LogP contribution in [-0.4, -0.2) is 44.8 Å². The van der Waals surface area contributed by atoms with E-state index >= 15 is 0 Å². The quantitative estimate of drug-likeness (QED) is 0.826. The number of nitrogens with zero attached hydrogens (tertiary/aromatic N) is 3. The molecule has 0 bridgehead atoms. The molecule has 0 radical (unpaired) electrons. The predicted octanol–water partition coefficient (Wildman–Crippen LogP) is 2.54. The molecule has 1 aromatic heterocycles. The number of piperidine rings is 1. The number of nitrogens with two attached hydrogens (primary N) is 1. The Balaban J connectivity index is 1.47. The number of amides is 1. The van der Waals surface area contributed by atoms with E-state index < -0.39 is 0 Å². The Hall–Kier alpha value is -1.73. The number of H-pyrrole nitrogens is 1. The van der Waals surface area contributed by atoms with E-state index in [2.05, 4.69) is 15.2 Å². The predicted molar refractivity (Wildman–Crippen MR) is 91.5 cm³/mol. The molecule has 1 amide bonds. The highest BCUT2D eigenvalue weighted by atomic mass is 35.5. The van der Waals surface area contributed by atoms with E-state index in [1.807, 2.05) is 29.2 Å². The number of nitrogen functional groups attached to an aromatic ring is 1. The van der Waals surface area contributed by atoms with Crippen LogP contribution in [0.5, 0.6) is 0 Å². The van der Waals surface area contributed by atoms with Gasteiger partial charge in [-0.05, 0) is 37.1 Å². The zero-order chi connectivity index (χ0) is 16.2. The van der Waals surface area contributed by atoms with Crippen LogP contribution in [0.1, 0.15) is 24.6 Å². The molecule has 0 aliphatic carbocycles. The SMILES string of the molecule is Nc1n[nH]c(C2CCN(C(=O)CSc3ccc(Cl)cc3)CC2)n1. The molecular formula is C15H18ClN5OS. The van der Waals surface area contributed by atoms with Crippen LogP contribution in [0.25, 0.3) is 0 Å². The minimum Gasteiger partial charge on any atom is -0.367 e. The van der Waals surface area contributed by atoms with Crippen LogP contribution >= 0.6 is 23.4 Å². The Morgan fingerprint density at radius 3 is 2.65 bits per heavy atom. The first-order valence-electron chi connectivity index (χ1n) is 7.46. The van der Waals surface area contributed by atoms with Crippen LogP contribution < -0.4 is 5.73 Å². The maximum atomic E-state index is 12.3. The molecule has 0 unspecified atom stereocenters. The van der Waals surface area contributed by atoms with Crippen molar-refractivity contribution in [2.24, 2.45) is 0 Å². The van der Waals surface area contributed by atoms with Gasteiger partial charge in [-0.15, -0.1) is 16.9 Å². The zero-order valence-electron chi connectivity index (χ0n) is 12.5. The van der Waals surface area contributed by atoms with Gasteiger partial charge in [0.2, 0.25) is 11.9 Å². The average Bonchev–Trinajstić information content (AvgIpc) is 3.01. The van der Waals surface area contributed by atoms with Crippen molar-refractivity contribution in [3.05, 3.63) is 35.1 Å². The zero-order valence-corrected chi connectivity index (χ0v) is 14.1. The summed E-state index contributed by atoms with van der Waals surface area (Å²) < 4.78 is 0. The molecule has 3 N–H and O–H groups in total. The molecule has 1 aliphatic rings. The summed E-state index contributed by atoms with van der Waals surface area (Å²) in [5.41, 5.74) is 5.54. The third-order valence-electron chi connectivity index (χ3n) is 3.93. The van der Waals surface area contributed by atoms with E-state index in [1.54, 1.807) is 0 Å². The lowest BCUT2D eigenvalue weighted by molar-refractivity contribution is -0.129. The molecule has 122 valence electrons. The van der Waals surface area contributed by atoms with Gasteiger partial charge in [-0.2, -0.15) is 4.98 Å². The Morgan fingerprint density at radius 1 is 1.35 bits per heavy atom. The highest BCUT2D eigenvalue weighted by Gasteiger charge is 2.25. The smallest absolute Gasteiger partial charge is 0.239 e. The number of thioether (sulfide) groups is 1. The number of rotatable bonds is 4. The minimum atomic E-state index is 0.167. The number of hydrogen-bond acceptors (Lipinski definition) is 5. The normalized spacial score (nSPS) is 15.8. The second-order valence-electron chi connectivity index (χ2n) is 5.48. The number of nitrogens with one attached hydrogen (secondary N) is 1. The number of hydrogen-bond donors (Lipinski definition) is 2. The standard InChI is InChI=1S/C15H18ClN5OS/c16-11-1-3-12(4-2-11)23-9-13(22)21-7-5-10(6-8-21)14-18-15(17)20-19-14/h1-4,10H,5-9H2,(H3,17,18,19,20). The summed E-state index contributed by atoms with van der Waals surface area (Å²) in [6.07, 6.45) is 1.76. The van der Waals surface area contributed by atoms with Crippen molar-refractivity contribution < 1.29 is 4.79 Å². The molecular weight excluding hydrogens is 334 g/mol. The van der Waals surface area contributed by atoms with Crippen LogP contribution in [0.15, 0.2) is 29.2 Å². The molecule has 3 rings (SSSR count). The first kappa shape index (κ1) is 16.1. The van der Waals surface area contributed by atoms with Crippen molar-refractivity contribution in [3.8, 4) is 0 Å². The van der Waals surface area contributed by atoms with E-state index in [9.17, 15) is 4.79 Å². The van der Waals surface area contributed by atoms with Gasteiger partial charge in [-0.1, -0.05) is 11.6 Å². The molecule has 2 heterocycles. The molecule has 0 atom stereocenters. The lowest BCUT2D eigenvalue weighted by Gasteiger charge is -2.31. The van der Waals surface area contributed by atoms with Crippen LogP contribution in [0.3, 0.4) is 0 Å². The molecule has 8 heteroatoms. The second kappa shape index (κ2) is 7.23. The number of aromatic amines is 1. The van der Waals surface area contributed by atoms with Crippen molar-refractivity contribution in [1.29, 1.82) is 0 Å². The minimum absolute atomic E-state index is 0.167. The van der Waals surface area contributed by atoms with Crippen molar-refractivity contribution in [1.82, 2.24) is 20.1 Å². The van der Waals surface area contributed by atoms with Gasteiger partial charge < -0.3 is 10.6 Å². The summed E-state index contributed by atoms with van der Waals surface area (Å²) in [6, 6.07) is 7.54. The number of anilines is 1. The topological polar surface area (TPSA) is 87.9 Å². The van der Waals surface area contributed by atoms with Crippen molar-refractivity contribution in [2.75, 3.05) is 24.6 Å². The molecule has 1 fully saturated rings. The van der Waals surface area contributed by atoms with Gasteiger partial charge >= 0.3 is 0 Å². The summed E-state index contributed by atoms with van der Waals surface area (Å²) in [6.45, 7) is 1.48. The summed E-state index contributed by atoms with van der Waals surface area (Å²) in [5.74, 6) is 2.01. The fraction of sp³-hybridized carbons (Fsp3) is 0.400. The molecule has 1 aliphatic heterocycles. The monoisotopic (exact) mass is 351 g/mol. The number of aromatic nitrogens is 3. The largest absolute Gasteiger partial charge is 0.367 e. The van der Waals surface area contributed by atoms with Gasteiger partial charge in [0.15, 0.2) is 0 Å². The maximum Gasteiger partial charge on any atom is 0.239 e. The first-order chi connectivity index (χ1) is 11.1. The second-order valence-corrected chi connectivity index (χ2v) is 6.96. The van der Waals surface area contributed by atoms with Gasteiger partial charge in [-0.25, -0.2) is 0 Å². The number of carbonyl (C=O) groups excluding carboxylic acids is 1. The third-order valence-corrected chi connectivity index (χ3v) is 5.18. The lowest BCUT2D eigenvalue weighted by Crippen LogP contribution is -2.39. The summed E-state index contributed by atoms with van der Waals surface area (Å²) in [5, 5.41) is 7.43. The van der Waals surface area contributed by atoms with E-state index in [1.165, 1.54) is 11.8 Å². The first-order valence-corrected chi connectivity index (χ1v) is 8.82. The molecule has 1 aromatic carbocycles. The van der Waals surface area contributed by atoms with Gasteiger partial charge in [0, 0.05) is 28.9 Å². The van der Waals surface area contributed by atoms with Gasteiger partial charge in [-0.3, -0.25) is 9.89 Å². The number of likely N-dealkylation sites (tertiary alicyclic amines) is 1. The molecule has 1 saturated heterocycles. The van der Waals surface area contributed by atoms with Crippen LogP contribution in [-0.2, 0) is 4.79 Å². The number of halogens is 1. The highest BCUT2D eigenvalue weighted by Crippen LogP contribution is 2.27. The Kier molecular flexibility index (Phi) is 5.07. The van der Waals surface area contributed by atoms with Crippen molar-refractivity contribution >= 4 is 35.2 Å². The Labute approximate surface area is 143 Å². The Morgan fingerprint density at radius 2 is 2.04 bits per heavy atom. The Bertz CT molecular complexity index is 667. The van der Waals surface area contributed by atoms with Gasteiger partial charge in [0.1, 0.15) is 5.82 Å². The molecule has 6 nitrogen and oxygen atoms in total. The van der Waals surface area contributed by atoms with Crippen molar-refractivity contribution in [2.45, 2.75) is 23.7 Å². The molecule has 2 aromatic rings. The summed E-state index contributed by atoms with van der Waals surface area (Å²) >= 11 is 7.39. The van der Waals surface area contributed by atoms with E-state index in [0.29, 0.717) is 16.7 Å². The fourth-order valence-electron chi connectivity index (χ4n) is 2.64. The van der Waals surface area contributed by atoms with Crippen LogP contribution in [0, 0.1) is 0 Å². The fourth-order valence-corrected chi connectivity index (χ4v) is 3.57. The number of carbonyl (C=O) groups is 1. The maximum absolute atomic E-state index is 12.3. The lowest BCUT2D eigenvalue weighted by atomic mass is 9.96.